The molecule has 3 N–H and O–H groups in total. The number of methoxy groups -OCH3 is 3. The second-order valence-electron chi connectivity index (χ2n) is 11.7. The summed E-state index contributed by atoms with van der Waals surface area (Å²) in [5.74, 6) is 1.32. The van der Waals surface area contributed by atoms with Gasteiger partial charge >= 0.3 is 0 Å². The van der Waals surface area contributed by atoms with Crippen molar-refractivity contribution in [1.82, 2.24) is 25.2 Å². The number of aryl methyl sites for hydroxylation is 1. The summed E-state index contributed by atoms with van der Waals surface area (Å²) in [6, 6.07) is 10.9. The van der Waals surface area contributed by atoms with Gasteiger partial charge in [-0.2, -0.15) is 0 Å². The Balaban J connectivity index is 1.56. The number of hydrogen-bond donors (Lipinski definition) is 3. The number of anilines is 1. The summed E-state index contributed by atoms with van der Waals surface area (Å²) < 4.78 is 19.0. The maximum absolute atomic E-state index is 13.9. The van der Waals surface area contributed by atoms with Crippen LogP contribution in [0.3, 0.4) is 0 Å². The molecule has 46 heavy (non-hydrogen) atoms. The van der Waals surface area contributed by atoms with E-state index in [0.717, 1.165) is 11.1 Å². The molecule has 12 nitrogen and oxygen atoms in total. The lowest BCUT2D eigenvalue weighted by Gasteiger charge is -2.24. The second-order valence-corrected chi connectivity index (χ2v) is 11.7. The summed E-state index contributed by atoms with van der Waals surface area (Å²) in [6.45, 7) is 7.11. The van der Waals surface area contributed by atoms with Gasteiger partial charge in [0.05, 0.1) is 39.1 Å². The highest BCUT2D eigenvalue weighted by Gasteiger charge is 2.30. The monoisotopic (exact) mass is 628 g/mol. The molecule has 1 aliphatic rings. The van der Waals surface area contributed by atoms with E-state index in [1.165, 1.54) is 20.1 Å². The van der Waals surface area contributed by atoms with Crippen LogP contribution in [0.4, 0.5) is 5.69 Å². The zero-order valence-electron chi connectivity index (χ0n) is 27.1. The molecule has 0 saturated carbocycles. The van der Waals surface area contributed by atoms with Crippen molar-refractivity contribution in [3.05, 3.63) is 75.8 Å². The lowest BCUT2D eigenvalue weighted by molar-refractivity contribution is -0.123. The van der Waals surface area contributed by atoms with Crippen molar-refractivity contribution in [1.29, 1.82) is 0 Å². The summed E-state index contributed by atoms with van der Waals surface area (Å²) >= 11 is 0. The Morgan fingerprint density at radius 3 is 2.41 bits per heavy atom. The first-order chi connectivity index (χ1) is 22.1. The smallest absolute Gasteiger partial charge is 0.243 e. The van der Waals surface area contributed by atoms with Gasteiger partial charge in [-0.1, -0.05) is 26.0 Å². The maximum Gasteiger partial charge on any atom is 0.243 e. The van der Waals surface area contributed by atoms with Gasteiger partial charge in [0.1, 0.15) is 6.04 Å². The number of carbonyl (C=O) groups is 2. The minimum absolute atomic E-state index is 0.172. The molecule has 0 spiro atoms. The van der Waals surface area contributed by atoms with E-state index < -0.39 is 18.1 Å². The van der Waals surface area contributed by atoms with E-state index in [1.54, 1.807) is 20.3 Å². The van der Waals surface area contributed by atoms with Crippen LogP contribution < -0.4 is 35.6 Å². The van der Waals surface area contributed by atoms with Gasteiger partial charge in [-0.3, -0.25) is 18.8 Å². The SMILES string of the molecule is COc1cc2c(c(OC)c1OC)-c1ccc(N[C@H](C(=O)N[C@@H](C)c3nnc4ccccn34)C(C)C)c(=O)cc1[C@@H](NC(C)=O)CC2. The molecule has 12 heteroatoms. The number of amides is 2. The van der Waals surface area contributed by atoms with E-state index in [0.29, 0.717) is 52.7 Å². The van der Waals surface area contributed by atoms with Gasteiger partial charge in [-0.05, 0) is 72.7 Å². The Bertz CT molecular complexity index is 1840. The van der Waals surface area contributed by atoms with Crippen molar-refractivity contribution in [3.63, 3.8) is 0 Å². The third-order valence-corrected chi connectivity index (χ3v) is 8.26. The predicted molar refractivity (Wildman–Crippen MR) is 174 cm³/mol. The molecule has 2 amide bonds. The van der Waals surface area contributed by atoms with Crippen LogP contribution in [0.15, 0.2) is 53.5 Å². The summed E-state index contributed by atoms with van der Waals surface area (Å²) in [5, 5.41) is 17.7. The van der Waals surface area contributed by atoms with Crippen LogP contribution in [0, 0.1) is 5.92 Å². The molecule has 0 saturated heterocycles. The van der Waals surface area contributed by atoms with Gasteiger partial charge in [0, 0.05) is 18.7 Å². The Morgan fingerprint density at radius 1 is 0.978 bits per heavy atom. The van der Waals surface area contributed by atoms with Gasteiger partial charge in [-0.25, -0.2) is 0 Å². The molecule has 2 aromatic carbocycles. The molecular weight excluding hydrogens is 588 g/mol. The summed E-state index contributed by atoms with van der Waals surface area (Å²) in [5.41, 5.74) is 3.60. The van der Waals surface area contributed by atoms with E-state index in [-0.39, 0.29) is 28.8 Å². The van der Waals surface area contributed by atoms with E-state index in [4.69, 9.17) is 14.2 Å². The standard InChI is InChI=1S/C34H40N6O6/c1-18(2)30(34(43)35-19(3)33-39-38-28-10-8-9-15-40(28)33)37-25-14-12-22-23(17-26(25)42)24(36-20(4)41)13-11-21-16-27(44-5)31(45-6)32(46-7)29(21)22/h8-10,12,14-19,24,30H,11,13H2,1-7H3,(H,35,43)(H,36,41)(H,37,42)/t19-,24-,30-/m0/s1. The molecule has 4 aromatic rings. The van der Waals surface area contributed by atoms with Crippen LogP contribution in [0.5, 0.6) is 17.2 Å². The Morgan fingerprint density at radius 2 is 1.74 bits per heavy atom. The van der Waals surface area contributed by atoms with Gasteiger partial charge in [0.15, 0.2) is 23.0 Å². The molecule has 3 atom stereocenters. The third-order valence-electron chi connectivity index (χ3n) is 8.26. The summed E-state index contributed by atoms with van der Waals surface area (Å²) in [6.07, 6.45) is 2.97. The molecule has 1 aliphatic carbocycles. The summed E-state index contributed by atoms with van der Waals surface area (Å²) in [4.78, 5) is 39.8. The van der Waals surface area contributed by atoms with Crippen molar-refractivity contribution in [3.8, 4) is 28.4 Å². The molecule has 0 bridgehead atoms. The minimum atomic E-state index is -0.742. The van der Waals surface area contributed by atoms with Crippen molar-refractivity contribution >= 4 is 23.1 Å². The number of benzene rings is 1. The highest BCUT2D eigenvalue weighted by molar-refractivity contribution is 5.86. The fourth-order valence-electron chi connectivity index (χ4n) is 6.05. The topological polar surface area (TPSA) is 145 Å². The third kappa shape index (κ3) is 6.19. The Hall–Kier alpha value is -5.13. The van der Waals surface area contributed by atoms with Gasteiger partial charge in [-0.15, -0.1) is 10.2 Å². The van der Waals surface area contributed by atoms with Crippen LogP contribution in [0.2, 0.25) is 0 Å². The average Bonchev–Trinajstić information content (AvgIpc) is 3.33. The Labute approximate surface area is 267 Å². The molecule has 0 unspecified atom stereocenters. The number of carbonyl (C=O) groups excluding carboxylic acids is 2. The minimum Gasteiger partial charge on any atom is -0.493 e. The molecule has 2 heterocycles. The van der Waals surface area contributed by atoms with Gasteiger partial charge in [0.2, 0.25) is 23.0 Å². The fourth-order valence-corrected chi connectivity index (χ4v) is 6.05. The molecule has 2 aromatic heterocycles. The molecule has 242 valence electrons. The highest BCUT2D eigenvalue weighted by atomic mass is 16.5. The largest absolute Gasteiger partial charge is 0.493 e. The normalized spacial score (nSPS) is 15.2. The summed E-state index contributed by atoms with van der Waals surface area (Å²) in [7, 11) is 4.65. The number of rotatable bonds is 10. The molecule has 0 aliphatic heterocycles. The van der Waals surface area contributed by atoms with E-state index in [9.17, 15) is 14.4 Å². The molecule has 0 fully saturated rings. The zero-order valence-corrected chi connectivity index (χ0v) is 27.1. The van der Waals surface area contributed by atoms with Crippen LogP contribution in [-0.4, -0.2) is 53.8 Å². The van der Waals surface area contributed by atoms with Crippen molar-refractivity contribution in [2.75, 3.05) is 26.6 Å². The van der Waals surface area contributed by atoms with Crippen LogP contribution in [0.25, 0.3) is 16.8 Å². The van der Waals surface area contributed by atoms with Gasteiger partial charge in [0.25, 0.3) is 0 Å². The first kappa shape index (κ1) is 32.3. The number of hydrogen-bond acceptors (Lipinski definition) is 9. The van der Waals surface area contributed by atoms with Crippen LogP contribution >= 0.6 is 0 Å². The number of nitrogens with zero attached hydrogens (tertiary/aromatic N) is 3. The van der Waals surface area contributed by atoms with Gasteiger partial charge < -0.3 is 30.2 Å². The van der Waals surface area contributed by atoms with E-state index >= 15 is 0 Å². The second kappa shape index (κ2) is 13.5. The number of fused-ring (bicyclic) bond motifs is 4. The number of nitrogens with one attached hydrogen (secondary N) is 3. The highest BCUT2D eigenvalue weighted by Crippen LogP contribution is 2.50. The average molecular weight is 629 g/mol. The number of pyridine rings is 1. The molecular formula is C34H40N6O6. The quantitative estimate of drug-likeness (QED) is 0.235. The van der Waals surface area contributed by atoms with Crippen molar-refractivity contribution in [2.24, 2.45) is 5.92 Å². The van der Waals surface area contributed by atoms with E-state index in [2.05, 4.69) is 26.1 Å². The molecule has 0 radical (unpaired) electrons. The predicted octanol–water partition coefficient (Wildman–Crippen LogP) is 4.22. The first-order valence-corrected chi connectivity index (χ1v) is 15.2. The van der Waals surface area contributed by atoms with Crippen LogP contribution in [-0.2, 0) is 16.0 Å². The number of ether oxygens (including phenoxy) is 3. The first-order valence-electron chi connectivity index (χ1n) is 15.2. The van der Waals surface area contributed by atoms with E-state index in [1.807, 2.05) is 61.7 Å². The maximum atomic E-state index is 13.9. The zero-order chi connectivity index (χ0) is 33.1. The lowest BCUT2D eigenvalue weighted by Crippen LogP contribution is -2.44. The molecule has 5 rings (SSSR count). The number of aromatic nitrogens is 3. The Kier molecular flexibility index (Phi) is 9.45. The lowest BCUT2D eigenvalue weighted by atomic mass is 9.95. The van der Waals surface area contributed by atoms with Crippen molar-refractivity contribution < 1.29 is 23.8 Å². The fraction of sp³-hybridized carbons (Fsp3) is 0.382. The van der Waals surface area contributed by atoms with Crippen molar-refractivity contribution in [2.45, 2.75) is 58.7 Å². The van der Waals surface area contributed by atoms with Crippen LogP contribution in [0.1, 0.15) is 63.2 Å².